The number of carbonyl (C=O) groups is 3. The molecule has 45 heavy (non-hydrogen) atoms. The third-order valence-electron chi connectivity index (χ3n) is 9.73. The lowest BCUT2D eigenvalue weighted by molar-refractivity contribution is -0.154. The summed E-state index contributed by atoms with van der Waals surface area (Å²) >= 11 is 0. The molecule has 1 aromatic heterocycles. The van der Waals surface area contributed by atoms with Crippen molar-refractivity contribution in [1.82, 2.24) is 15.3 Å². The van der Waals surface area contributed by atoms with Gasteiger partial charge in [-0.2, -0.15) is 13.2 Å². The van der Waals surface area contributed by atoms with E-state index in [4.69, 9.17) is 9.84 Å². The van der Waals surface area contributed by atoms with Gasteiger partial charge in [-0.25, -0.2) is 14.4 Å². The molecule has 246 valence electrons. The number of hydrogen-bond donors (Lipinski definition) is 4. The highest BCUT2D eigenvalue weighted by Gasteiger charge is 2.55. The van der Waals surface area contributed by atoms with E-state index in [-0.39, 0.29) is 35.4 Å². The number of hydrogen-bond acceptors (Lipinski definition) is 8. The number of carboxylic acid groups (broad SMARTS) is 1. The summed E-state index contributed by atoms with van der Waals surface area (Å²) in [5, 5.41) is 17.6. The summed E-state index contributed by atoms with van der Waals surface area (Å²) in [7, 11) is 3.57. The number of benzene rings is 1. The van der Waals surface area contributed by atoms with Crippen LogP contribution in [-0.4, -0.2) is 60.0 Å². The molecule has 0 aliphatic heterocycles. The summed E-state index contributed by atoms with van der Waals surface area (Å²) < 4.78 is 54.0. The Hall–Kier alpha value is -3.81. The van der Waals surface area contributed by atoms with Crippen LogP contribution >= 0.6 is 0 Å². The maximum absolute atomic E-state index is 12.7. The van der Waals surface area contributed by atoms with Crippen molar-refractivity contribution in [2.45, 2.75) is 70.1 Å². The summed E-state index contributed by atoms with van der Waals surface area (Å²) in [6.45, 7) is 2.41. The zero-order chi connectivity index (χ0) is 32.9. The number of aldehydes is 1. The first-order valence-corrected chi connectivity index (χ1v) is 14.9. The van der Waals surface area contributed by atoms with Crippen LogP contribution in [0.25, 0.3) is 0 Å². The smallest absolute Gasteiger partial charge is 0.419 e. The van der Waals surface area contributed by atoms with Crippen molar-refractivity contribution in [3.8, 4) is 5.88 Å². The zero-order valence-electron chi connectivity index (χ0n) is 25.4. The number of halogens is 4. The van der Waals surface area contributed by atoms with Gasteiger partial charge in [0, 0.05) is 17.8 Å². The maximum Gasteiger partial charge on any atom is 0.419 e. The highest BCUT2D eigenvalue weighted by atomic mass is 19.4. The lowest BCUT2D eigenvalue weighted by Crippen LogP contribution is -2.54. The Morgan fingerprint density at radius 3 is 2.31 bits per heavy atom. The van der Waals surface area contributed by atoms with Crippen LogP contribution < -0.4 is 20.7 Å². The molecule has 4 atom stereocenters. The van der Waals surface area contributed by atoms with Gasteiger partial charge < -0.3 is 25.8 Å². The van der Waals surface area contributed by atoms with Crippen molar-refractivity contribution >= 4 is 30.2 Å². The molecule has 4 unspecified atom stereocenters. The van der Waals surface area contributed by atoms with Gasteiger partial charge in [-0.3, -0.25) is 14.4 Å². The van der Waals surface area contributed by atoms with Gasteiger partial charge in [-0.15, -0.1) is 0 Å². The van der Waals surface area contributed by atoms with Crippen LogP contribution in [0.1, 0.15) is 67.8 Å². The highest BCUT2D eigenvalue weighted by Crippen LogP contribution is 2.59. The van der Waals surface area contributed by atoms with Gasteiger partial charge in [0.2, 0.25) is 12.3 Å². The molecule has 4 aliphatic rings. The van der Waals surface area contributed by atoms with Gasteiger partial charge in [0.05, 0.1) is 18.6 Å². The van der Waals surface area contributed by atoms with Gasteiger partial charge in [0.15, 0.2) is 6.29 Å². The van der Waals surface area contributed by atoms with E-state index < -0.39 is 23.5 Å². The van der Waals surface area contributed by atoms with Gasteiger partial charge in [-0.1, -0.05) is 6.92 Å². The second-order valence-electron chi connectivity index (χ2n) is 12.4. The average Bonchev–Trinajstić information content (AvgIpc) is 3.56. The quantitative estimate of drug-likeness (QED) is 0.221. The van der Waals surface area contributed by atoms with E-state index in [0.29, 0.717) is 29.8 Å². The molecule has 2 aromatic rings. The first-order chi connectivity index (χ1) is 21.3. The number of carboxylic acids is 1. The summed E-state index contributed by atoms with van der Waals surface area (Å²) in [6, 6.07) is 3.29. The number of amides is 1. The standard InChI is InChI=1S/C14H17N3O4.C9H17N.C8H5F4NO/c1-21-12-10(6-18)11(15-7-16-12)17-9-4-14(5-9)2-8(3-14)13(19)20;1-6-7-3-4-8(5-7)9(6)10-2;9-7-2-1-5(13-4-14)3-6(7)8(10,11)12/h6-9H,2-5H2,1H3,(H,19,20)(H,15,16,17);6-10H,3-5H2,1-2H3;1-4H,(H,13,14). The van der Waals surface area contributed by atoms with Crippen LogP contribution in [0.2, 0.25) is 0 Å². The Labute approximate surface area is 258 Å². The minimum absolute atomic E-state index is 0.103. The maximum atomic E-state index is 12.7. The fourth-order valence-electron chi connectivity index (χ4n) is 7.52. The lowest BCUT2D eigenvalue weighted by atomic mass is 9.50. The van der Waals surface area contributed by atoms with Gasteiger partial charge >= 0.3 is 12.1 Å². The molecule has 14 heteroatoms. The minimum atomic E-state index is -4.76. The third-order valence-corrected chi connectivity index (χ3v) is 9.73. The Morgan fingerprint density at radius 1 is 1.11 bits per heavy atom. The number of fused-ring (bicyclic) bond motifs is 2. The second kappa shape index (κ2) is 14.1. The number of nitrogens with one attached hydrogen (secondary N) is 3. The van der Waals surface area contributed by atoms with Crippen molar-refractivity contribution in [3.63, 3.8) is 0 Å². The topological polar surface area (TPSA) is 143 Å². The molecule has 0 saturated heterocycles. The van der Waals surface area contributed by atoms with Crippen LogP contribution in [0.15, 0.2) is 24.5 Å². The van der Waals surface area contributed by atoms with Crippen molar-refractivity contribution in [3.05, 3.63) is 41.5 Å². The first-order valence-electron chi connectivity index (χ1n) is 14.9. The van der Waals surface area contributed by atoms with Crippen molar-refractivity contribution in [1.29, 1.82) is 0 Å². The van der Waals surface area contributed by atoms with E-state index in [2.05, 4.69) is 34.6 Å². The minimum Gasteiger partial charge on any atom is -0.481 e. The molecule has 4 saturated carbocycles. The SMILES string of the molecule is CNC1C2CCC(C2)C1C.COc1ncnc(NC2CC3(C2)CC(C(=O)O)C3)c1C=O.O=CNc1ccc(F)c(C(F)(F)F)c1. The molecule has 1 aromatic carbocycles. The first kappa shape index (κ1) is 34.1. The van der Waals surface area contributed by atoms with Crippen LogP contribution in [0.5, 0.6) is 5.88 Å². The average molecular weight is 638 g/mol. The Bertz CT molecular complexity index is 1360. The largest absolute Gasteiger partial charge is 0.481 e. The van der Waals surface area contributed by atoms with Gasteiger partial charge in [0.1, 0.15) is 23.5 Å². The fourth-order valence-corrected chi connectivity index (χ4v) is 7.52. The molecule has 1 heterocycles. The molecule has 1 spiro atoms. The zero-order valence-corrected chi connectivity index (χ0v) is 25.4. The van der Waals surface area contributed by atoms with E-state index in [1.54, 1.807) is 0 Å². The van der Waals surface area contributed by atoms with E-state index in [1.165, 1.54) is 32.7 Å². The fraction of sp³-hybridized carbons (Fsp3) is 0.581. The number of methoxy groups -OCH3 is 1. The molecule has 2 bridgehead atoms. The number of carbonyl (C=O) groups excluding carboxylic acids is 2. The summed E-state index contributed by atoms with van der Waals surface area (Å²) in [6.07, 6.45) is 5.34. The molecule has 0 radical (unpaired) electrons. The Kier molecular flexibility index (Phi) is 10.7. The van der Waals surface area contributed by atoms with Crippen LogP contribution in [0.3, 0.4) is 0 Å². The van der Waals surface area contributed by atoms with Crippen molar-refractivity contribution in [2.24, 2.45) is 29.1 Å². The van der Waals surface area contributed by atoms with Crippen molar-refractivity contribution < 1.29 is 41.8 Å². The monoisotopic (exact) mass is 637 g/mol. The van der Waals surface area contributed by atoms with Crippen LogP contribution in [0, 0.1) is 34.9 Å². The number of anilines is 2. The summed E-state index contributed by atoms with van der Waals surface area (Å²) in [5.41, 5.74) is -1.00. The molecule has 1 amide bonds. The van der Waals surface area contributed by atoms with Crippen molar-refractivity contribution in [2.75, 3.05) is 24.8 Å². The van der Waals surface area contributed by atoms with Gasteiger partial charge in [-0.05, 0) is 93.4 Å². The second-order valence-corrected chi connectivity index (χ2v) is 12.4. The Morgan fingerprint density at radius 2 is 1.80 bits per heavy atom. The molecule has 4 N–H and O–H groups in total. The van der Waals surface area contributed by atoms with E-state index in [1.807, 2.05) is 5.32 Å². The van der Waals surface area contributed by atoms with Crippen LogP contribution in [0.4, 0.5) is 29.1 Å². The Balaban J connectivity index is 0.000000166. The predicted octanol–water partition coefficient (Wildman–Crippen LogP) is 5.41. The number of alkyl halides is 3. The molecule has 4 aliphatic carbocycles. The molecular weight excluding hydrogens is 598 g/mol. The molecule has 6 rings (SSSR count). The molecule has 10 nitrogen and oxygen atoms in total. The number of rotatable bonds is 8. The number of aromatic nitrogens is 2. The number of aliphatic carboxylic acids is 1. The lowest BCUT2D eigenvalue weighted by Gasteiger charge is -2.56. The number of ether oxygens (including phenoxy) is 1. The van der Waals surface area contributed by atoms with E-state index in [9.17, 15) is 31.9 Å². The van der Waals surface area contributed by atoms with E-state index >= 15 is 0 Å². The van der Waals surface area contributed by atoms with Crippen LogP contribution in [-0.2, 0) is 15.8 Å². The van der Waals surface area contributed by atoms with Gasteiger partial charge in [0.25, 0.3) is 0 Å². The third kappa shape index (κ3) is 7.71. The summed E-state index contributed by atoms with van der Waals surface area (Å²) in [4.78, 5) is 39.9. The van der Waals surface area contributed by atoms with E-state index in [0.717, 1.165) is 55.5 Å². The molecule has 4 fully saturated rings. The molecular formula is C31H39F4N5O5. The summed E-state index contributed by atoms with van der Waals surface area (Å²) in [5.74, 6) is 1.51. The predicted molar refractivity (Wildman–Crippen MR) is 157 cm³/mol. The highest BCUT2D eigenvalue weighted by molar-refractivity contribution is 5.85. The normalized spacial score (nSPS) is 29.1. The number of nitrogens with zero attached hydrogens (tertiary/aromatic N) is 2.